The fourth-order valence-electron chi connectivity index (χ4n) is 3.61. The second-order valence-corrected chi connectivity index (χ2v) is 6.57. The summed E-state index contributed by atoms with van der Waals surface area (Å²) in [5, 5.41) is 14.5. The largest absolute Gasteiger partial charge is 0.507 e. The molecule has 1 aliphatic rings. The summed E-state index contributed by atoms with van der Waals surface area (Å²) >= 11 is 0. The van der Waals surface area contributed by atoms with Crippen LogP contribution in [0.4, 0.5) is 5.69 Å². The molecule has 1 aliphatic heterocycles. The summed E-state index contributed by atoms with van der Waals surface area (Å²) in [6, 6.07) is 14.0. The molecule has 5 heteroatoms. The molecule has 1 N–H and O–H groups in total. The lowest BCUT2D eigenvalue weighted by atomic mass is 9.98. The first-order chi connectivity index (χ1) is 12.6. The Morgan fingerprint density at radius 1 is 0.962 bits per heavy atom. The van der Waals surface area contributed by atoms with Gasteiger partial charge in [-0.05, 0) is 49.2 Å². The van der Waals surface area contributed by atoms with E-state index in [1.54, 1.807) is 6.33 Å². The van der Waals surface area contributed by atoms with Crippen LogP contribution in [-0.2, 0) is 0 Å². The Morgan fingerprint density at radius 2 is 1.73 bits per heavy atom. The molecule has 26 heavy (non-hydrogen) atoms. The first-order valence-corrected chi connectivity index (χ1v) is 8.45. The molecule has 0 saturated heterocycles. The average molecular weight is 340 g/mol. The van der Waals surface area contributed by atoms with Gasteiger partial charge in [0.05, 0.1) is 11.4 Å². The zero-order chi connectivity index (χ0) is 17.8. The fraction of sp³-hybridized carbons (Fsp3) is 0.0952. The summed E-state index contributed by atoms with van der Waals surface area (Å²) < 4.78 is 1.84. The van der Waals surface area contributed by atoms with Crippen molar-refractivity contribution >= 4 is 16.9 Å². The van der Waals surface area contributed by atoms with Gasteiger partial charge in [-0.3, -0.25) is 0 Å². The summed E-state index contributed by atoms with van der Waals surface area (Å²) in [7, 11) is 0. The van der Waals surface area contributed by atoms with Crippen molar-refractivity contribution in [3.63, 3.8) is 0 Å². The average Bonchev–Trinajstić information content (AvgIpc) is 3.01. The highest BCUT2D eigenvalue weighted by Gasteiger charge is 2.23. The third-order valence-electron chi connectivity index (χ3n) is 4.86. The molecular formula is C21H16N4O. The van der Waals surface area contributed by atoms with Gasteiger partial charge in [0.1, 0.15) is 23.3 Å². The van der Waals surface area contributed by atoms with Crippen molar-refractivity contribution in [3.8, 4) is 17.0 Å². The molecule has 0 bridgehead atoms. The van der Waals surface area contributed by atoms with E-state index in [1.807, 2.05) is 67.0 Å². The molecule has 5 rings (SSSR count). The maximum Gasteiger partial charge on any atom is 0.137 e. The van der Waals surface area contributed by atoms with Crippen LogP contribution in [0.5, 0.6) is 5.75 Å². The first kappa shape index (κ1) is 14.8. The first-order valence-electron chi connectivity index (χ1n) is 8.45. The lowest BCUT2D eigenvalue weighted by Gasteiger charge is -2.10. The number of aliphatic imine (C=N–C) groups is 1. The van der Waals surface area contributed by atoms with Gasteiger partial charge in [0.25, 0.3) is 0 Å². The van der Waals surface area contributed by atoms with Crippen LogP contribution in [0.1, 0.15) is 22.3 Å². The number of hydrogen-bond acceptors (Lipinski definition) is 4. The molecule has 4 aromatic rings. The minimum absolute atomic E-state index is 0.328. The number of fused-ring (bicyclic) bond motifs is 2. The standard InChI is InChI=1S/C21H16N4O/c1-12-9-14(10-13(2)21(12)26)18-16-7-8-25-20(16)19(22-11-23-25)15-5-3-4-6-17(15)24-18/h3-11,26H,1-2H3. The fourth-order valence-corrected chi connectivity index (χ4v) is 3.61. The molecule has 126 valence electrons. The van der Waals surface area contributed by atoms with Gasteiger partial charge in [0.2, 0.25) is 0 Å². The Bertz CT molecular complexity index is 1200. The van der Waals surface area contributed by atoms with Crippen LogP contribution < -0.4 is 0 Å². The van der Waals surface area contributed by atoms with Crippen molar-refractivity contribution < 1.29 is 5.11 Å². The molecule has 0 spiro atoms. The van der Waals surface area contributed by atoms with E-state index < -0.39 is 0 Å². The molecular weight excluding hydrogens is 324 g/mol. The summed E-state index contributed by atoms with van der Waals surface area (Å²) in [6.07, 6.45) is 3.50. The van der Waals surface area contributed by atoms with Crippen LogP contribution >= 0.6 is 0 Å². The van der Waals surface area contributed by atoms with Gasteiger partial charge in [-0.15, -0.1) is 0 Å². The quantitative estimate of drug-likeness (QED) is 0.497. The van der Waals surface area contributed by atoms with E-state index in [1.165, 1.54) is 0 Å². The predicted octanol–water partition coefficient (Wildman–Crippen LogP) is 4.20. The Balaban J connectivity index is 1.90. The number of nitrogens with zero attached hydrogens (tertiary/aromatic N) is 4. The topological polar surface area (TPSA) is 62.8 Å². The van der Waals surface area contributed by atoms with Crippen LogP contribution in [0, 0.1) is 13.8 Å². The zero-order valence-corrected chi connectivity index (χ0v) is 14.4. The van der Waals surface area contributed by atoms with E-state index in [4.69, 9.17) is 4.99 Å². The monoisotopic (exact) mass is 340 g/mol. The number of rotatable bonds is 1. The number of para-hydroxylation sites is 1. The summed E-state index contributed by atoms with van der Waals surface area (Å²) in [4.78, 5) is 9.53. The lowest BCUT2D eigenvalue weighted by molar-refractivity contribution is 0.467. The van der Waals surface area contributed by atoms with E-state index in [-0.39, 0.29) is 0 Å². The normalized spacial score (nSPS) is 12.6. The molecule has 0 radical (unpaired) electrons. The highest BCUT2D eigenvalue weighted by atomic mass is 16.3. The predicted molar refractivity (Wildman–Crippen MR) is 101 cm³/mol. The molecule has 2 aromatic heterocycles. The van der Waals surface area contributed by atoms with Crippen LogP contribution in [0.2, 0.25) is 0 Å². The van der Waals surface area contributed by atoms with E-state index >= 15 is 0 Å². The Kier molecular flexibility index (Phi) is 3.00. The molecule has 3 heterocycles. The lowest BCUT2D eigenvalue weighted by Crippen LogP contribution is -2.04. The number of phenolic OH excluding ortho intramolecular Hbond substituents is 1. The van der Waals surface area contributed by atoms with Crippen LogP contribution in [-0.4, -0.2) is 25.4 Å². The van der Waals surface area contributed by atoms with E-state index in [0.717, 1.165) is 50.4 Å². The molecule has 5 nitrogen and oxygen atoms in total. The van der Waals surface area contributed by atoms with E-state index in [0.29, 0.717) is 5.75 Å². The number of benzene rings is 2. The third-order valence-corrected chi connectivity index (χ3v) is 4.86. The number of aromatic hydroxyl groups is 1. The van der Waals surface area contributed by atoms with E-state index in [9.17, 15) is 5.11 Å². The van der Waals surface area contributed by atoms with Crippen molar-refractivity contribution in [1.29, 1.82) is 0 Å². The van der Waals surface area contributed by atoms with Crippen molar-refractivity contribution in [2.45, 2.75) is 13.8 Å². The van der Waals surface area contributed by atoms with Crippen LogP contribution in [0.15, 0.2) is 60.0 Å². The zero-order valence-electron chi connectivity index (χ0n) is 14.4. The van der Waals surface area contributed by atoms with Gasteiger partial charge in [-0.1, -0.05) is 18.2 Å². The summed E-state index contributed by atoms with van der Waals surface area (Å²) in [5.41, 5.74) is 8.17. The SMILES string of the molecule is Cc1cc(C2=Nc3ccccc3-c3ncnn4ccc2c34)cc(C)c1O. The molecule has 0 amide bonds. The maximum absolute atomic E-state index is 10.1. The van der Waals surface area contributed by atoms with Crippen molar-refractivity contribution in [1.82, 2.24) is 14.6 Å². The van der Waals surface area contributed by atoms with Gasteiger partial charge in [0, 0.05) is 22.9 Å². The van der Waals surface area contributed by atoms with Gasteiger partial charge < -0.3 is 5.11 Å². The van der Waals surface area contributed by atoms with Gasteiger partial charge in [0.15, 0.2) is 0 Å². The highest BCUT2D eigenvalue weighted by Crippen LogP contribution is 2.38. The molecule has 0 aliphatic carbocycles. The molecule has 0 fully saturated rings. The van der Waals surface area contributed by atoms with Crippen LogP contribution in [0.25, 0.3) is 16.8 Å². The second kappa shape index (κ2) is 5.26. The molecule has 0 unspecified atom stereocenters. The van der Waals surface area contributed by atoms with Crippen molar-refractivity contribution in [2.24, 2.45) is 4.99 Å². The van der Waals surface area contributed by atoms with Gasteiger partial charge in [-0.25, -0.2) is 14.5 Å². The maximum atomic E-state index is 10.1. The summed E-state index contributed by atoms with van der Waals surface area (Å²) in [6.45, 7) is 3.81. The smallest absolute Gasteiger partial charge is 0.137 e. The number of aryl methyl sites for hydroxylation is 2. The number of hydrogen-bond donors (Lipinski definition) is 1. The summed E-state index contributed by atoms with van der Waals surface area (Å²) in [5.74, 6) is 0.328. The van der Waals surface area contributed by atoms with E-state index in [2.05, 4.69) is 10.1 Å². The number of aromatic nitrogens is 3. The minimum Gasteiger partial charge on any atom is -0.507 e. The molecule has 0 atom stereocenters. The van der Waals surface area contributed by atoms with Crippen molar-refractivity contribution in [2.75, 3.05) is 0 Å². The Hall–Kier alpha value is -3.47. The highest BCUT2D eigenvalue weighted by molar-refractivity contribution is 6.20. The van der Waals surface area contributed by atoms with Crippen LogP contribution in [0.3, 0.4) is 0 Å². The second-order valence-electron chi connectivity index (χ2n) is 6.57. The minimum atomic E-state index is 0.328. The van der Waals surface area contributed by atoms with Crippen molar-refractivity contribution in [3.05, 3.63) is 77.2 Å². The number of phenols is 1. The Labute approximate surface area is 150 Å². The molecule has 2 aromatic carbocycles. The third kappa shape index (κ3) is 2.00. The Morgan fingerprint density at radius 3 is 2.54 bits per heavy atom. The molecule has 0 saturated carbocycles. The van der Waals surface area contributed by atoms with Gasteiger partial charge >= 0.3 is 0 Å². The van der Waals surface area contributed by atoms with Gasteiger partial charge in [-0.2, -0.15) is 5.10 Å².